The van der Waals surface area contributed by atoms with Crippen LogP contribution in [0.15, 0.2) is 30.3 Å². The van der Waals surface area contributed by atoms with Crippen molar-refractivity contribution in [3.63, 3.8) is 0 Å². The molecule has 1 rings (SSSR count). The predicted octanol–water partition coefficient (Wildman–Crippen LogP) is 1.70. The first-order valence-electron chi connectivity index (χ1n) is 5.34. The number of hydrogen-bond acceptors (Lipinski definition) is 4. The van der Waals surface area contributed by atoms with Crippen LogP contribution in [-0.4, -0.2) is 29.6 Å². The van der Waals surface area contributed by atoms with E-state index < -0.39 is 11.5 Å². The van der Waals surface area contributed by atoms with Crippen LogP contribution >= 0.6 is 11.6 Å². The SMILES string of the molecule is CC(Cl)ON(C=O)CC(=O)OCc1ccccc1. The summed E-state index contributed by atoms with van der Waals surface area (Å²) >= 11 is 5.53. The molecule has 0 aromatic heterocycles. The van der Waals surface area contributed by atoms with E-state index in [0.717, 1.165) is 10.6 Å². The highest BCUT2D eigenvalue weighted by Gasteiger charge is 2.12. The Labute approximate surface area is 110 Å². The average molecular weight is 272 g/mol. The zero-order valence-electron chi connectivity index (χ0n) is 9.91. The van der Waals surface area contributed by atoms with E-state index >= 15 is 0 Å². The van der Waals surface area contributed by atoms with Crippen LogP contribution in [-0.2, 0) is 25.8 Å². The number of rotatable bonds is 7. The van der Waals surface area contributed by atoms with Crippen molar-refractivity contribution in [1.82, 2.24) is 5.06 Å². The van der Waals surface area contributed by atoms with Crippen LogP contribution in [0.5, 0.6) is 0 Å². The Bertz CT molecular complexity index is 383. The quantitative estimate of drug-likeness (QED) is 0.328. The van der Waals surface area contributed by atoms with Crippen molar-refractivity contribution in [1.29, 1.82) is 0 Å². The van der Waals surface area contributed by atoms with Crippen molar-refractivity contribution in [3.05, 3.63) is 35.9 Å². The topological polar surface area (TPSA) is 55.8 Å². The summed E-state index contributed by atoms with van der Waals surface area (Å²) in [5.41, 5.74) is 0.173. The maximum absolute atomic E-state index is 11.4. The third-order valence-electron chi connectivity index (χ3n) is 1.93. The van der Waals surface area contributed by atoms with Gasteiger partial charge >= 0.3 is 5.97 Å². The summed E-state index contributed by atoms with van der Waals surface area (Å²) in [4.78, 5) is 26.9. The molecule has 0 aliphatic rings. The van der Waals surface area contributed by atoms with Crippen LogP contribution in [0.2, 0.25) is 0 Å². The van der Waals surface area contributed by atoms with Gasteiger partial charge in [-0.1, -0.05) is 41.9 Å². The first-order valence-corrected chi connectivity index (χ1v) is 5.78. The molecule has 0 N–H and O–H groups in total. The Morgan fingerprint density at radius 1 is 1.44 bits per heavy atom. The Morgan fingerprint density at radius 3 is 2.67 bits per heavy atom. The average Bonchev–Trinajstić information content (AvgIpc) is 2.36. The normalized spacial score (nSPS) is 11.7. The van der Waals surface area contributed by atoms with Crippen molar-refractivity contribution >= 4 is 24.0 Å². The van der Waals surface area contributed by atoms with E-state index in [1.54, 1.807) is 0 Å². The molecule has 1 amide bonds. The number of amides is 1. The van der Waals surface area contributed by atoms with Crippen LogP contribution in [0, 0.1) is 0 Å². The van der Waals surface area contributed by atoms with E-state index in [2.05, 4.69) is 0 Å². The summed E-state index contributed by atoms with van der Waals surface area (Å²) in [6.45, 7) is 1.39. The predicted molar refractivity (Wildman–Crippen MR) is 65.4 cm³/mol. The van der Waals surface area contributed by atoms with E-state index in [-0.39, 0.29) is 13.2 Å². The molecule has 6 heteroatoms. The molecule has 1 unspecified atom stereocenters. The molecule has 1 aromatic carbocycles. The second kappa shape index (κ2) is 7.68. The largest absolute Gasteiger partial charge is 0.459 e. The summed E-state index contributed by atoms with van der Waals surface area (Å²) in [5, 5.41) is 0.797. The van der Waals surface area contributed by atoms with Crippen molar-refractivity contribution < 1.29 is 19.2 Å². The highest BCUT2D eigenvalue weighted by Crippen LogP contribution is 2.03. The van der Waals surface area contributed by atoms with Gasteiger partial charge in [0.1, 0.15) is 13.2 Å². The van der Waals surface area contributed by atoms with Gasteiger partial charge in [-0.05, 0) is 12.5 Å². The number of halogens is 1. The van der Waals surface area contributed by atoms with Crippen molar-refractivity contribution in [2.24, 2.45) is 0 Å². The van der Waals surface area contributed by atoms with Gasteiger partial charge in [-0.2, -0.15) is 0 Å². The molecular formula is C12H14ClNO4. The van der Waals surface area contributed by atoms with Crippen LogP contribution in [0.3, 0.4) is 0 Å². The lowest BCUT2D eigenvalue weighted by atomic mass is 10.2. The summed E-state index contributed by atoms with van der Waals surface area (Å²) < 4.78 is 4.98. The fourth-order valence-corrected chi connectivity index (χ4v) is 1.30. The van der Waals surface area contributed by atoms with Gasteiger partial charge in [0.15, 0.2) is 5.56 Å². The smallest absolute Gasteiger partial charge is 0.328 e. The minimum absolute atomic E-state index is 0.156. The Hall–Kier alpha value is -1.59. The summed E-state index contributed by atoms with van der Waals surface area (Å²) in [6.07, 6.45) is 0.378. The monoisotopic (exact) mass is 271 g/mol. The lowest BCUT2D eigenvalue weighted by molar-refractivity contribution is -0.187. The number of nitrogens with zero attached hydrogens (tertiary/aromatic N) is 1. The Morgan fingerprint density at radius 2 is 2.11 bits per heavy atom. The summed E-state index contributed by atoms with van der Waals surface area (Å²) in [7, 11) is 0. The number of carbonyl (C=O) groups excluding carboxylic acids is 2. The first-order chi connectivity index (χ1) is 8.61. The second-order valence-corrected chi connectivity index (χ2v) is 4.09. The Kier molecular flexibility index (Phi) is 6.18. The van der Waals surface area contributed by atoms with Gasteiger partial charge in [0.2, 0.25) is 6.41 Å². The number of alkyl halides is 1. The molecule has 0 saturated heterocycles. The van der Waals surface area contributed by atoms with Gasteiger partial charge in [0, 0.05) is 0 Å². The molecule has 0 aliphatic heterocycles. The molecule has 0 spiro atoms. The molecule has 0 heterocycles. The molecule has 1 aromatic rings. The minimum Gasteiger partial charge on any atom is -0.459 e. The van der Waals surface area contributed by atoms with E-state index in [1.807, 2.05) is 30.3 Å². The van der Waals surface area contributed by atoms with E-state index in [0.29, 0.717) is 6.41 Å². The van der Waals surface area contributed by atoms with Gasteiger partial charge in [0.25, 0.3) is 0 Å². The second-order valence-electron chi connectivity index (χ2n) is 3.48. The first kappa shape index (κ1) is 14.5. The molecule has 1 atom stereocenters. The fourth-order valence-electron chi connectivity index (χ4n) is 1.20. The van der Waals surface area contributed by atoms with Crippen LogP contribution in [0.1, 0.15) is 12.5 Å². The third kappa shape index (κ3) is 5.65. The van der Waals surface area contributed by atoms with Crippen LogP contribution in [0.25, 0.3) is 0 Å². The fraction of sp³-hybridized carbons (Fsp3) is 0.333. The van der Waals surface area contributed by atoms with Crippen molar-refractivity contribution in [2.45, 2.75) is 19.1 Å². The standard InChI is InChI=1S/C12H14ClNO4/c1-10(13)18-14(9-15)7-12(16)17-8-11-5-3-2-4-6-11/h2-6,9-10H,7-8H2,1H3. The van der Waals surface area contributed by atoms with E-state index in [1.165, 1.54) is 6.92 Å². The molecule has 0 radical (unpaired) electrons. The van der Waals surface area contributed by atoms with Gasteiger partial charge in [0.05, 0.1) is 0 Å². The maximum atomic E-state index is 11.4. The van der Waals surface area contributed by atoms with Crippen LogP contribution < -0.4 is 0 Å². The molecule has 0 aliphatic carbocycles. The molecule has 98 valence electrons. The van der Waals surface area contributed by atoms with Gasteiger partial charge in [-0.3, -0.25) is 14.4 Å². The third-order valence-corrected chi connectivity index (χ3v) is 2.01. The number of ether oxygens (including phenoxy) is 1. The lowest BCUT2D eigenvalue weighted by Crippen LogP contribution is -2.31. The van der Waals surface area contributed by atoms with Gasteiger partial charge in [-0.25, -0.2) is 5.06 Å². The summed E-state index contributed by atoms with van der Waals surface area (Å²) in [6, 6.07) is 9.23. The molecule has 18 heavy (non-hydrogen) atoms. The van der Waals surface area contributed by atoms with Crippen LogP contribution in [0.4, 0.5) is 0 Å². The van der Waals surface area contributed by atoms with E-state index in [9.17, 15) is 9.59 Å². The van der Waals surface area contributed by atoms with E-state index in [4.69, 9.17) is 21.2 Å². The zero-order chi connectivity index (χ0) is 13.4. The lowest BCUT2D eigenvalue weighted by Gasteiger charge is -2.17. The number of benzene rings is 1. The molecular weight excluding hydrogens is 258 g/mol. The Balaban J connectivity index is 2.34. The highest BCUT2D eigenvalue weighted by molar-refractivity contribution is 6.19. The molecule has 0 bridgehead atoms. The summed E-state index contributed by atoms with van der Waals surface area (Å²) in [5.74, 6) is -0.566. The molecule has 0 saturated carbocycles. The van der Waals surface area contributed by atoms with Crippen molar-refractivity contribution in [2.75, 3.05) is 6.54 Å². The maximum Gasteiger partial charge on any atom is 0.328 e. The number of hydrogen-bond donors (Lipinski definition) is 0. The van der Waals surface area contributed by atoms with Crippen molar-refractivity contribution in [3.8, 4) is 0 Å². The zero-order valence-corrected chi connectivity index (χ0v) is 10.7. The van der Waals surface area contributed by atoms with Gasteiger partial charge < -0.3 is 4.74 Å². The molecule has 0 fully saturated rings. The highest BCUT2D eigenvalue weighted by atomic mass is 35.5. The molecule has 5 nitrogen and oxygen atoms in total. The number of carbonyl (C=O) groups is 2. The minimum atomic E-state index is -0.697. The van der Waals surface area contributed by atoms with Gasteiger partial charge in [-0.15, -0.1) is 0 Å². The number of esters is 1. The number of hydroxylamine groups is 2.